The van der Waals surface area contributed by atoms with Crippen molar-refractivity contribution < 1.29 is 27.6 Å². The lowest BCUT2D eigenvalue weighted by Gasteiger charge is -2.35. The van der Waals surface area contributed by atoms with E-state index in [9.17, 15) is 23.3 Å². The molecule has 1 aliphatic heterocycles. The van der Waals surface area contributed by atoms with Gasteiger partial charge in [-0.1, -0.05) is 0 Å². The van der Waals surface area contributed by atoms with E-state index in [4.69, 9.17) is 9.47 Å². The molecule has 0 saturated carbocycles. The Morgan fingerprint density at radius 1 is 1.00 bits per heavy atom. The molecular weight excluding hydrogens is 426 g/mol. The average Bonchev–Trinajstić information content (AvgIpc) is 2.79. The van der Waals surface area contributed by atoms with E-state index in [0.717, 1.165) is 0 Å². The molecule has 0 N–H and O–H groups in total. The molecule has 0 bridgehead atoms. The molecule has 10 nitrogen and oxygen atoms in total. The first-order valence-electron chi connectivity index (χ1n) is 9.56. The van der Waals surface area contributed by atoms with Crippen molar-refractivity contribution in [2.24, 2.45) is 0 Å². The first-order valence-corrected chi connectivity index (χ1v) is 11.0. The van der Waals surface area contributed by atoms with Gasteiger partial charge in [-0.05, 0) is 43.3 Å². The van der Waals surface area contributed by atoms with E-state index in [1.807, 2.05) is 0 Å². The Kier molecular flexibility index (Phi) is 6.76. The molecular formula is C20H23N3O7S. The molecule has 1 saturated heterocycles. The minimum Gasteiger partial charge on any atom is -0.497 e. The third kappa shape index (κ3) is 5.12. The fourth-order valence-corrected chi connectivity index (χ4v) is 4.63. The van der Waals surface area contributed by atoms with E-state index in [1.54, 1.807) is 24.0 Å². The lowest BCUT2D eigenvalue weighted by atomic mass is 10.2. The second-order valence-electron chi connectivity index (χ2n) is 6.92. The van der Waals surface area contributed by atoms with Gasteiger partial charge in [-0.2, -0.15) is 4.31 Å². The van der Waals surface area contributed by atoms with Crippen molar-refractivity contribution >= 4 is 21.6 Å². The lowest BCUT2D eigenvalue weighted by Crippen LogP contribution is -2.53. The summed E-state index contributed by atoms with van der Waals surface area (Å²) in [6.07, 6.45) is -0.814. The number of nitro benzene ring substituents is 1. The summed E-state index contributed by atoms with van der Waals surface area (Å²) in [5.41, 5.74) is -0.0690. The van der Waals surface area contributed by atoms with Crippen LogP contribution in [0.3, 0.4) is 0 Å². The number of nitrogens with zero attached hydrogens (tertiary/aromatic N) is 3. The van der Waals surface area contributed by atoms with Crippen molar-refractivity contribution in [1.29, 1.82) is 0 Å². The van der Waals surface area contributed by atoms with E-state index in [0.29, 0.717) is 11.5 Å². The van der Waals surface area contributed by atoms with Crippen LogP contribution >= 0.6 is 0 Å². The molecule has 3 rings (SSSR count). The second-order valence-corrected chi connectivity index (χ2v) is 8.85. The number of amides is 1. The normalized spacial score (nSPS) is 15.9. The molecule has 0 aromatic heterocycles. The standard InChI is InChI=1S/C20H23N3O7S/c1-15(30-18-5-3-16(4-6-18)23(25)26)20(24)21-11-13-22(14-12-21)31(27,28)19-9-7-17(29-2)8-10-19/h3-10,15H,11-14H2,1-2H3/t15-/m1/s1. The number of ether oxygens (including phenoxy) is 2. The molecule has 1 aliphatic rings. The van der Waals surface area contributed by atoms with Crippen LogP contribution in [0.25, 0.3) is 0 Å². The number of nitro groups is 1. The summed E-state index contributed by atoms with van der Waals surface area (Å²) in [5.74, 6) is 0.628. The highest BCUT2D eigenvalue weighted by molar-refractivity contribution is 7.89. The average molecular weight is 449 g/mol. The molecule has 1 atom stereocenters. The summed E-state index contributed by atoms with van der Waals surface area (Å²) < 4.78 is 37.6. The fraction of sp³-hybridized carbons (Fsp3) is 0.350. The van der Waals surface area contributed by atoms with E-state index >= 15 is 0 Å². The summed E-state index contributed by atoms with van der Waals surface area (Å²) in [4.78, 5) is 24.6. The Bertz CT molecular complexity index is 1030. The van der Waals surface area contributed by atoms with Crippen molar-refractivity contribution in [2.75, 3.05) is 33.3 Å². The minimum absolute atomic E-state index is 0.0690. The number of carbonyl (C=O) groups excluding carboxylic acids is 1. The van der Waals surface area contributed by atoms with Crippen molar-refractivity contribution in [3.8, 4) is 11.5 Å². The van der Waals surface area contributed by atoms with Gasteiger partial charge >= 0.3 is 0 Å². The summed E-state index contributed by atoms with van der Waals surface area (Å²) in [6.45, 7) is 2.41. The number of non-ortho nitro benzene ring substituents is 1. The van der Waals surface area contributed by atoms with E-state index < -0.39 is 21.1 Å². The Labute approximate surface area is 180 Å². The summed E-state index contributed by atoms with van der Waals surface area (Å²) >= 11 is 0. The predicted octanol–water partition coefficient (Wildman–Crippen LogP) is 1.90. The van der Waals surface area contributed by atoms with Gasteiger partial charge in [0.2, 0.25) is 10.0 Å². The van der Waals surface area contributed by atoms with Crippen LogP contribution in [0.5, 0.6) is 11.5 Å². The van der Waals surface area contributed by atoms with Crippen LogP contribution in [-0.4, -0.2) is 67.8 Å². The van der Waals surface area contributed by atoms with Gasteiger partial charge in [-0.3, -0.25) is 14.9 Å². The number of benzene rings is 2. The second kappa shape index (κ2) is 9.31. The van der Waals surface area contributed by atoms with Crippen LogP contribution in [0, 0.1) is 10.1 Å². The fourth-order valence-electron chi connectivity index (χ4n) is 3.20. The van der Waals surface area contributed by atoms with Crippen LogP contribution in [0.4, 0.5) is 5.69 Å². The van der Waals surface area contributed by atoms with Crippen molar-refractivity contribution in [2.45, 2.75) is 17.9 Å². The van der Waals surface area contributed by atoms with Crippen molar-refractivity contribution in [3.05, 3.63) is 58.6 Å². The highest BCUT2D eigenvalue weighted by atomic mass is 32.2. The maximum Gasteiger partial charge on any atom is 0.269 e. The number of carbonyl (C=O) groups is 1. The summed E-state index contributed by atoms with van der Waals surface area (Å²) in [5, 5.41) is 10.7. The maximum absolute atomic E-state index is 12.8. The van der Waals surface area contributed by atoms with Gasteiger partial charge in [0.15, 0.2) is 6.10 Å². The van der Waals surface area contributed by atoms with Crippen LogP contribution in [-0.2, 0) is 14.8 Å². The zero-order valence-corrected chi connectivity index (χ0v) is 17.9. The Morgan fingerprint density at radius 3 is 2.06 bits per heavy atom. The van der Waals surface area contributed by atoms with E-state index in [1.165, 1.54) is 47.8 Å². The van der Waals surface area contributed by atoms with Gasteiger partial charge < -0.3 is 14.4 Å². The lowest BCUT2D eigenvalue weighted by molar-refractivity contribution is -0.384. The molecule has 0 spiro atoms. The first-order chi connectivity index (χ1) is 14.7. The first kappa shape index (κ1) is 22.5. The molecule has 2 aromatic carbocycles. The van der Waals surface area contributed by atoms with Crippen LogP contribution in [0.2, 0.25) is 0 Å². The monoisotopic (exact) mass is 449 g/mol. The number of rotatable bonds is 7. The number of hydrogen-bond donors (Lipinski definition) is 0. The summed E-state index contributed by atoms with van der Waals surface area (Å²) in [6, 6.07) is 11.6. The van der Waals surface area contributed by atoms with Crippen molar-refractivity contribution in [3.63, 3.8) is 0 Å². The quantitative estimate of drug-likeness (QED) is 0.468. The number of hydrogen-bond acceptors (Lipinski definition) is 7. The highest BCUT2D eigenvalue weighted by Gasteiger charge is 2.32. The van der Waals surface area contributed by atoms with E-state index in [-0.39, 0.29) is 42.7 Å². The Balaban J connectivity index is 1.57. The third-order valence-corrected chi connectivity index (χ3v) is 6.87. The Hall–Kier alpha value is -3.18. The largest absolute Gasteiger partial charge is 0.497 e. The molecule has 1 heterocycles. The molecule has 0 unspecified atom stereocenters. The smallest absolute Gasteiger partial charge is 0.269 e. The number of methoxy groups -OCH3 is 1. The topological polar surface area (TPSA) is 119 Å². The minimum atomic E-state index is -3.66. The maximum atomic E-state index is 12.8. The van der Waals surface area contributed by atoms with Crippen LogP contribution < -0.4 is 9.47 Å². The molecule has 31 heavy (non-hydrogen) atoms. The SMILES string of the molecule is COc1ccc(S(=O)(=O)N2CCN(C(=O)[C@@H](C)Oc3ccc([N+](=O)[O-])cc3)CC2)cc1. The number of piperazine rings is 1. The van der Waals surface area contributed by atoms with Gasteiger partial charge in [0.05, 0.1) is 16.9 Å². The molecule has 166 valence electrons. The van der Waals surface area contributed by atoms with Gasteiger partial charge in [-0.25, -0.2) is 8.42 Å². The van der Waals surface area contributed by atoms with Gasteiger partial charge in [0.25, 0.3) is 11.6 Å². The predicted molar refractivity (Wildman–Crippen MR) is 112 cm³/mol. The van der Waals surface area contributed by atoms with Gasteiger partial charge in [-0.15, -0.1) is 0 Å². The van der Waals surface area contributed by atoms with Crippen LogP contribution in [0.1, 0.15) is 6.92 Å². The molecule has 11 heteroatoms. The third-order valence-electron chi connectivity index (χ3n) is 4.96. The molecule has 1 fully saturated rings. The zero-order valence-electron chi connectivity index (χ0n) is 17.1. The molecule has 1 amide bonds. The highest BCUT2D eigenvalue weighted by Crippen LogP contribution is 2.22. The zero-order chi connectivity index (χ0) is 22.6. The molecule has 2 aromatic rings. The van der Waals surface area contributed by atoms with Gasteiger partial charge in [0.1, 0.15) is 11.5 Å². The van der Waals surface area contributed by atoms with Crippen LogP contribution in [0.15, 0.2) is 53.4 Å². The van der Waals surface area contributed by atoms with E-state index in [2.05, 4.69) is 0 Å². The Morgan fingerprint density at radius 2 is 1.55 bits per heavy atom. The number of sulfonamides is 1. The molecule has 0 radical (unpaired) electrons. The van der Waals surface area contributed by atoms with Crippen molar-refractivity contribution in [1.82, 2.24) is 9.21 Å². The van der Waals surface area contributed by atoms with Gasteiger partial charge in [0, 0.05) is 38.3 Å². The summed E-state index contributed by atoms with van der Waals surface area (Å²) in [7, 11) is -2.16. The molecule has 0 aliphatic carbocycles.